The maximum absolute atomic E-state index is 12.6. The molecular weight excluding hydrogens is 252 g/mol. The molecule has 1 aliphatic heterocycles. The Morgan fingerprint density at radius 3 is 2.90 bits per heavy atom. The third-order valence-corrected chi connectivity index (χ3v) is 3.60. The highest BCUT2D eigenvalue weighted by Crippen LogP contribution is 2.32. The maximum atomic E-state index is 12.6. The number of rotatable bonds is 1. The third-order valence-electron chi connectivity index (χ3n) is 3.60. The topological polar surface area (TPSA) is 72.1 Å². The van der Waals surface area contributed by atoms with Crippen molar-refractivity contribution in [3.05, 3.63) is 53.9 Å². The summed E-state index contributed by atoms with van der Waals surface area (Å²) in [5, 5.41) is 7.48. The van der Waals surface area contributed by atoms with Gasteiger partial charge in [-0.05, 0) is 30.5 Å². The van der Waals surface area contributed by atoms with Crippen LogP contribution in [0.4, 0.5) is 5.69 Å². The molecule has 5 nitrogen and oxygen atoms in total. The van der Waals surface area contributed by atoms with Crippen molar-refractivity contribution in [1.82, 2.24) is 10.2 Å². The number of nitrogens with zero attached hydrogens (tertiary/aromatic N) is 3. The summed E-state index contributed by atoms with van der Waals surface area (Å²) >= 11 is 0. The molecule has 1 atom stereocenters. The van der Waals surface area contributed by atoms with E-state index < -0.39 is 0 Å². The Labute approximate surface area is 117 Å². The number of para-hydroxylation sites is 1. The molecular formula is C15H16N4O. The van der Waals surface area contributed by atoms with Gasteiger partial charge in [0, 0.05) is 18.3 Å². The van der Waals surface area contributed by atoms with Gasteiger partial charge >= 0.3 is 0 Å². The first kappa shape index (κ1) is 12.7. The van der Waals surface area contributed by atoms with Crippen molar-refractivity contribution in [2.75, 3.05) is 11.4 Å². The molecule has 0 saturated heterocycles. The fraction of sp³-hybridized carbons (Fsp3) is 0.267. The van der Waals surface area contributed by atoms with Crippen LogP contribution in [0.2, 0.25) is 0 Å². The minimum absolute atomic E-state index is 0.0143. The Morgan fingerprint density at radius 2 is 2.10 bits per heavy atom. The van der Waals surface area contributed by atoms with Crippen LogP contribution in [0.25, 0.3) is 0 Å². The van der Waals surface area contributed by atoms with Gasteiger partial charge < -0.3 is 10.6 Å². The predicted molar refractivity (Wildman–Crippen MR) is 76.3 cm³/mol. The highest BCUT2D eigenvalue weighted by atomic mass is 16.2. The Bertz CT molecular complexity index is 614. The Balaban J connectivity index is 2.01. The van der Waals surface area contributed by atoms with Gasteiger partial charge in [-0.1, -0.05) is 18.2 Å². The average Bonchev–Trinajstić information content (AvgIpc) is 2.67. The van der Waals surface area contributed by atoms with Crippen LogP contribution >= 0.6 is 0 Å². The van der Waals surface area contributed by atoms with E-state index in [4.69, 9.17) is 5.73 Å². The molecule has 2 aromatic rings. The van der Waals surface area contributed by atoms with E-state index in [-0.39, 0.29) is 11.9 Å². The quantitative estimate of drug-likeness (QED) is 0.857. The summed E-state index contributed by atoms with van der Waals surface area (Å²) in [5.41, 5.74) is 8.66. The van der Waals surface area contributed by atoms with Gasteiger partial charge in [0.1, 0.15) is 0 Å². The number of nitrogens with two attached hydrogens (primary N) is 1. The molecule has 0 radical (unpaired) electrons. The number of aromatic nitrogens is 2. The molecule has 2 heterocycles. The molecule has 1 aromatic heterocycles. The average molecular weight is 268 g/mol. The van der Waals surface area contributed by atoms with Crippen LogP contribution in [0.3, 0.4) is 0 Å². The lowest BCUT2D eigenvalue weighted by molar-refractivity contribution is 0.0986. The van der Waals surface area contributed by atoms with Gasteiger partial charge in [-0.15, -0.1) is 0 Å². The molecule has 0 fully saturated rings. The second-order valence-electron chi connectivity index (χ2n) is 4.90. The van der Waals surface area contributed by atoms with Crippen LogP contribution in [-0.4, -0.2) is 22.6 Å². The van der Waals surface area contributed by atoms with Crippen LogP contribution in [0, 0.1) is 0 Å². The van der Waals surface area contributed by atoms with Crippen molar-refractivity contribution in [3.8, 4) is 0 Å². The van der Waals surface area contributed by atoms with Crippen LogP contribution in [0.5, 0.6) is 0 Å². The van der Waals surface area contributed by atoms with Crippen LogP contribution < -0.4 is 10.6 Å². The first-order valence-electron chi connectivity index (χ1n) is 6.70. The summed E-state index contributed by atoms with van der Waals surface area (Å²) in [5.74, 6) is -0.0542. The standard InChI is InChI=1S/C15H16N4O/c16-13-5-3-9-19(14-6-2-1-4-12(13)14)15(20)11-7-8-17-18-10-11/h1-2,4,6-8,10,13H,3,5,9,16H2. The van der Waals surface area contributed by atoms with E-state index in [1.807, 2.05) is 24.3 Å². The normalized spacial score (nSPS) is 18.2. The Morgan fingerprint density at radius 1 is 1.25 bits per heavy atom. The van der Waals surface area contributed by atoms with Crippen molar-refractivity contribution >= 4 is 11.6 Å². The molecule has 3 rings (SSSR count). The molecule has 0 bridgehead atoms. The first-order chi connectivity index (χ1) is 9.77. The molecule has 0 aliphatic carbocycles. The van der Waals surface area contributed by atoms with Gasteiger partial charge in [-0.3, -0.25) is 4.79 Å². The van der Waals surface area contributed by atoms with E-state index in [9.17, 15) is 4.79 Å². The monoisotopic (exact) mass is 268 g/mol. The van der Waals surface area contributed by atoms with Crippen molar-refractivity contribution in [1.29, 1.82) is 0 Å². The van der Waals surface area contributed by atoms with Crippen LogP contribution in [-0.2, 0) is 0 Å². The minimum atomic E-state index is -0.0542. The number of fused-ring (bicyclic) bond motifs is 1. The van der Waals surface area contributed by atoms with E-state index in [0.717, 1.165) is 24.1 Å². The molecule has 20 heavy (non-hydrogen) atoms. The van der Waals surface area contributed by atoms with Crippen molar-refractivity contribution in [2.45, 2.75) is 18.9 Å². The summed E-state index contributed by atoms with van der Waals surface area (Å²) in [6, 6.07) is 9.51. The van der Waals surface area contributed by atoms with Crippen molar-refractivity contribution < 1.29 is 4.79 Å². The summed E-state index contributed by atoms with van der Waals surface area (Å²) in [6.45, 7) is 0.672. The molecule has 1 unspecified atom stereocenters. The summed E-state index contributed by atoms with van der Waals surface area (Å²) in [7, 11) is 0. The lowest BCUT2D eigenvalue weighted by Gasteiger charge is -2.23. The third kappa shape index (κ3) is 2.28. The van der Waals surface area contributed by atoms with E-state index in [2.05, 4.69) is 10.2 Å². The lowest BCUT2D eigenvalue weighted by atomic mass is 10.0. The van der Waals surface area contributed by atoms with Gasteiger partial charge in [0.05, 0.1) is 18.0 Å². The number of anilines is 1. The first-order valence-corrected chi connectivity index (χ1v) is 6.70. The van der Waals surface area contributed by atoms with Gasteiger partial charge in [-0.25, -0.2) is 0 Å². The van der Waals surface area contributed by atoms with Crippen LogP contribution in [0.15, 0.2) is 42.7 Å². The smallest absolute Gasteiger partial charge is 0.259 e. The van der Waals surface area contributed by atoms with E-state index >= 15 is 0 Å². The Kier molecular flexibility index (Phi) is 3.43. The second-order valence-corrected chi connectivity index (χ2v) is 4.90. The van der Waals surface area contributed by atoms with Crippen molar-refractivity contribution in [2.24, 2.45) is 5.73 Å². The van der Waals surface area contributed by atoms with E-state index in [1.165, 1.54) is 12.4 Å². The molecule has 0 saturated carbocycles. The van der Waals surface area contributed by atoms with Crippen LogP contribution in [0.1, 0.15) is 34.8 Å². The van der Waals surface area contributed by atoms with E-state index in [0.29, 0.717) is 12.1 Å². The number of carbonyl (C=O) groups excluding carboxylic acids is 1. The summed E-state index contributed by atoms with van der Waals surface area (Å²) < 4.78 is 0. The molecule has 1 aromatic carbocycles. The highest BCUT2D eigenvalue weighted by molar-refractivity contribution is 6.06. The fourth-order valence-corrected chi connectivity index (χ4v) is 2.58. The number of benzene rings is 1. The van der Waals surface area contributed by atoms with Gasteiger partial charge in [0.2, 0.25) is 0 Å². The zero-order valence-corrected chi connectivity index (χ0v) is 11.1. The Hall–Kier alpha value is -2.27. The number of amides is 1. The summed E-state index contributed by atoms with van der Waals surface area (Å²) in [6.07, 6.45) is 4.80. The number of hydrogen-bond donors (Lipinski definition) is 1. The summed E-state index contributed by atoms with van der Waals surface area (Å²) in [4.78, 5) is 14.4. The predicted octanol–water partition coefficient (Wildman–Crippen LogP) is 1.92. The molecule has 1 amide bonds. The zero-order valence-electron chi connectivity index (χ0n) is 11.1. The molecule has 5 heteroatoms. The second kappa shape index (κ2) is 5.38. The largest absolute Gasteiger partial charge is 0.324 e. The number of hydrogen-bond acceptors (Lipinski definition) is 4. The maximum Gasteiger partial charge on any atom is 0.259 e. The van der Waals surface area contributed by atoms with E-state index in [1.54, 1.807) is 11.0 Å². The molecule has 0 spiro atoms. The minimum Gasteiger partial charge on any atom is -0.324 e. The van der Waals surface area contributed by atoms with Gasteiger partial charge in [0.15, 0.2) is 0 Å². The lowest BCUT2D eigenvalue weighted by Crippen LogP contribution is -2.31. The fourth-order valence-electron chi connectivity index (χ4n) is 2.58. The molecule has 2 N–H and O–H groups in total. The highest BCUT2D eigenvalue weighted by Gasteiger charge is 2.25. The zero-order chi connectivity index (χ0) is 13.9. The van der Waals surface area contributed by atoms with Gasteiger partial charge in [-0.2, -0.15) is 10.2 Å². The van der Waals surface area contributed by atoms with Crippen molar-refractivity contribution in [3.63, 3.8) is 0 Å². The van der Waals surface area contributed by atoms with Gasteiger partial charge in [0.25, 0.3) is 5.91 Å². The molecule has 102 valence electrons. The molecule has 1 aliphatic rings. The SMILES string of the molecule is NC1CCCN(C(=O)c2ccnnc2)c2ccccc21. The number of carbonyl (C=O) groups is 1.